The van der Waals surface area contributed by atoms with E-state index in [-0.39, 0.29) is 17.8 Å². The number of nitrogens with zero attached hydrogens (tertiary/aromatic N) is 1. The second-order valence-electron chi connectivity index (χ2n) is 8.08. The fourth-order valence-electron chi connectivity index (χ4n) is 3.52. The molecule has 1 amide bonds. The number of esters is 1. The van der Waals surface area contributed by atoms with E-state index in [2.05, 4.69) is 0 Å². The van der Waals surface area contributed by atoms with Crippen molar-refractivity contribution >= 4 is 12.1 Å². The van der Waals surface area contributed by atoms with E-state index in [0.717, 1.165) is 0 Å². The fourth-order valence-corrected chi connectivity index (χ4v) is 3.52. The topological polar surface area (TPSA) is 55.8 Å². The van der Waals surface area contributed by atoms with Crippen LogP contribution in [0.25, 0.3) is 0 Å². The summed E-state index contributed by atoms with van der Waals surface area (Å²) in [5.41, 5.74) is 0.00103. The Labute approximate surface area is 154 Å². The summed E-state index contributed by atoms with van der Waals surface area (Å²) in [5, 5.41) is 0. The van der Waals surface area contributed by atoms with E-state index in [1.165, 1.54) is 19.1 Å². The normalized spacial score (nSPS) is 23.2. The number of hydrogen-bond acceptors (Lipinski definition) is 4. The molecular formula is C20H28FNO4. The molecule has 26 heavy (non-hydrogen) atoms. The fraction of sp³-hybridized carbons (Fsp3) is 0.600. The molecule has 1 saturated heterocycles. The van der Waals surface area contributed by atoms with Gasteiger partial charge >= 0.3 is 12.1 Å². The maximum Gasteiger partial charge on any atom is 0.411 e. The molecule has 1 heterocycles. The van der Waals surface area contributed by atoms with Gasteiger partial charge in [-0.15, -0.1) is 0 Å². The monoisotopic (exact) mass is 365 g/mol. The van der Waals surface area contributed by atoms with Gasteiger partial charge in [-0.3, -0.25) is 9.69 Å². The van der Waals surface area contributed by atoms with Crippen molar-refractivity contribution in [1.82, 2.24) is 4.90 Å². The van der Waals surface area contributed by atoms with Crippen LogP contribution in [0.5, 0.6) is 0 Å². The average Bonchev–Trinajstić information content (AvgIpc) is 2.84. The zero-order chi connectivity index (χ0) is 19.6. The zero-order valence-corrected chi connectivity index (χ0v) is 16.3. The van der Waals surface area contributed by atoms with Crippen molar-refractivity contribution in [1.29, 1.82) is 0 Å². The summed E-state index contributed by atoms with van der Waals surface area (Å²) in [6.07, 6.45) is -0.543. The van der Waals surface area contributed by atoms with Crippen LogP contribution in [0.4, 0.5) is 9.18 Å². The van der Waals surface area contributed by atoms with E-state index in [1.54, 1.807) is 37.8 Å². The lowest BCUT2D eigenvalue weighted by atomic mass is 9.99. The number of halogens is 1. The second-order valence-corrected chi connectivity index (χ2v) is 8.08. The molecule has 0 spiro atoms. The number of benzene rings is 1. The highest BCUT2D eigenvalue weighted by molar-refractivity contribution is 5.71. The molecule has 0 N–H and O–H groups in total. The highest BCUT2D eigenvalue weighted by atomic mass is 19.1. The van der Waals surface area contributed by atoms with Crippen LogP contribution in [0, 0.1) is 11.7 Å². The number of ether oxygens (including phenoxy) is 2. The third-order valence-corrected chi connectivity index (χ3v) is 4.33. The molecular weight excluding hydrogens is 337 g/mol. The predicted molar refractivity (Wildman–Crippen MR) is 96.0 cm³/mol. The van der Waals surface area contributed by atoms with Crippen LogP contribution in [0.2, 0.25) is 0 Å². The summed E-state index contributed by atoms with van der Waals surface area (Å²) < 4.78 is 24.8. The minimum atomic E-state index is -0.662. The standard InChI is InChI=1S/C20H28FNO4/c1-12(2)18-17(25-13(3)23)11-16(14-8-7-9-15(21)10-14)22(18)19(24)26-20(4,5)6/h7-10,12,16-18H,11H2,1-6H3/t16-,17+,18-/m0/s1. The van der Waals surface area contributed by atoms with Gasteiger partial charge in [0, 0.05) is 13.3 Å². The molecule has 0 aliphatic carbocycles. The Morgan fingerprint density at radius 1 is 1.27 bits per heavy atom. The highest BCUT2D eigenvalue weighted by Crippen LogP contribution is 2.41. The van der Waals surface area contributed by atoms with Crippen LogP contribution in [0.3, 0.4) is 0 Å². The lowest BCUT2D eigenvalue weighted by Crippen LogP contribution is -2.46. The Balaban J connectivity index is 2.45. The van der Waals surface area contributed by atoms with Crippen molar-refractivity contribution in [3.05, 3.63) is 35.6 Å². The largest absolute Gasteiger partial charge is 0.460 e. The Morgan fingerprint density at radius 2 is 1.92 bits per heavy atom. The van der Waals surface area contributed by atoms with Gasteiger partial charge in [-0.1, -0.05) is 26.0 Å². The smallest absolute Gasteiger partial charge is 0.411 e. The number of amides is 1. The molecule has 1 fully saturated rings. The maximum atomic E-state index is 13.8. The molecule has 0 saturated carbocycles. The van der Waals surface area contributed by atoms with Gasteiger partial charge in [0.05, 0.1) is 12.1 Å². The van der Waals surface area contributed by atoms with Crippen LogP contribution in [-0.2, 0) is 14.3 Å². The summed E-state index contributed by atoms with van der Waals surface area (Å²) in [4.78, 5) is 26.1. The van der Waals surface area contributed by atoms with E-state index in [1.807, 2.05) is 13.8 Å². The SMILES string of the molecule is CC(=O)O[C@@H]1C[C@@H](c2cccc(F)c2)N(C(=O)OC(C)(C)C)[C@H]1C(C)C. The van der Waals surface area contributed by atoms with Crippen molar-refractivity contribution in [3.63, 3.8) is 0 Å². The maximum absolute atomic E-state index is 13.8. The molecule has 0 bridgehead atoms. The second kappa shape index (κ2) is 7.64. The van der Waals surface area contributed by atoms with E-state index in [0.29, 0.717) is 12.0 Å². The van der Waals surface area contributed by atoms with E-state index >= 15 is 0 Å². The minimum absolute atomic E-state index is 0.0328. The summed E-state index contributed by atoms with van der Waals surface area (Å²) >= 11 is 0. The van der Waals surface area contributed by atoms with E-state index < -0.39 is 29.8 Å². The third kappa shape index (κ3) is 4.74. The minimum Gasteiger partial charge on any atom is -0.460 e. The molecule has 144 valence electrons. The first kappa shape index (κ1) is 20.2. The summed E-state index contributed by atoms with van der Waals surface area (Å²) in [5.74, 6) is -0.737. The Kier molecular flexibility index (Phi) is 5.94. The van der Waals surface area contributed by atoms with Crippen molar-refractivity contribution in [2.45, 2.75) is 71.8 Å². The zero-order valence-electron chi connectivity index (χ0n) is 16.3. The van der Waals surface area contributed by atoms with Gasteiger partial charge in [-0.25, -0.2) is 9.18 Å². The van der Waals surface area contributed by atoms with Crippen LogP contribution >= 0.6 is 0 Å². The molecule has 2 rings (SSSR count). The van der Waals surface area contributed by atoms with E-state index in [4.69, 9.17) is 9.47 Å². The molecule has 0 aromatic heterocycles. The van der Waals surface area contributed by atoms with E-state index in [9.17, 15) is 14.0 Å². The Hall–Kier alpha value is -2.11. The molecule has 1 aromatic carbocycles. The van der Waals surface area contributed by atoms with Crippen molar-refractivity contribution < 1.29 is 23.5 Å². The number of hydrogen-bond donors (Lipinski definition) is 0. The molecule has 3 atom stereocenters. The lowest BCUT2D eigenvalue weighted by molar-refractivity contribution is -0.148. The van der Waals surface area contributed by atoms with Gasteiger partial charge in [0.25, 0.3) is 0 Å². The van der Waals surface area contributed by atoms with Gasteiger partial charge < -0.3 is 9.47 Å². The molecule has 0 unspecified atom stereocenters. The first-order valence-electron chi connectivity index (χ1n) is 8.93. The summed E-state index contributed by atoms with van der Waals surface area (Å²) in [6.45, 7) is 10.7. The molecule has 5 nitrogen and oxygen atoms in total. The van der Waals surface area contributed by atoms with Crippen LogP contribution in [0.1, 0.15) is 59.6 Å². The van der Waals surface area contributed by atoms with Gasteiger partial charge in [-0.05, 0) is 44.4 Å². The van der Waals surface area contributed by atoms with Gasteiger partial charge in [0.15, 0.2) is 0 Å². The molecule has 1 aliphatic rings. The van der Waals surface area contributed by atoms with Gasteiger partial charge in [0.1, 0.15) is 17.5 Å². The van der Waals surface area contributed by atoms with Crippen LogP contribution in [-0.4, -0.2) is 34.7 Å². The van der Waals surface area contributed by atoms with Gasteiger partial charge in [-0.2, -0.15) is 0 Å². The van der Waals surface area contributed by atoms with Crippen molar-refractivity contribution in [3.8, 4) is 0 Å². The van der Waals surface area contributed by atoms with Crippen molar-refractivity contribution in [2.24, 2.45) is 5.92 Å². The first-order chi connectivity index (χ1) is 12.0. The highest BCUT2D eigenvalue weighted by Gasteiger charge is 2.48. The number of likely N-dealkylation sites (tertiary alicyclic amines) is 1. The Bertz CT molecular complexity index is 668. The molecule has 1 aromatic rings. The van der Waals surface area contributed by atoms with Crippen LogP contribution < -0.4 is 0 Å². The predicted octanol–water partition coefficient (Wildman–Crippen LogP) is 4.46. The van der Waals surface area contributed by atoms with Crippen molar-refractivity contribution in [2.75, 3.05) is 0 Å². The summed E-state index contributed by atoms with van der Waals surface area (Å²) in [7, 11) is 0. The number of rotatable bonds is 3. The molecule has 6 heteroatoms. The third-order valence-electron chi connectivity index (χ3n) is 4.33. The Morgan fingerprint density at radius 3 is 2.42 bits per heavy atom. The van der Waals surface area contributed by atoms with Gasteiger partial charge in [0.2, 0.25) is 0 Å². The molecule has 1 aliphatic heterocycles. The number of carbonyl (C=O) groups is 2. The first-order valence-corrected chi connectivity index (χ1v) is 8.93. The number of carbonyl (C=O) groups excluding carboxylic acids is 2. The lowest BCUT2D eigenvalue weighted by Gasteiger charge is -2.35. The summed E-state index contributed by atoms with van der Waals surface area (Å²) in [6, 6.07) is 5.40. The average molecular weight is 365 g/mol. The molecule has 0 radical (unpaired) electrons. The quantitative estimate of drug-likeness (QED) is 0.742. The van der Waals surface area contributed by atoms with Crippen LogP contribution in [0.15, 0.2) is 24.3 Å².